The van der Waals surface area contributed by atoms with Crippen LogP contribution in [0.5, 0.6) is 5.75 Å². The zero-order chi connectivity index (χ0) is 15.2. The quantitative estimate of drug-likeness (QED) is 0.855. The first-order chi connectivity index (χ1) is 10.0. The molecule has 2 aromatic rings. The summed E-state index contributed by atoms with van der Waals surface area (Å²) >= 11 is 12.0. The number of anilines is 1. The van der Waals surface area contributed by atoms with E-state index in [0.717, 1.165) is 11.3 Å². The van der Waals surface area contributed by atoms with Crippen LogP contribution in [-0.2, 0) is 11.3 Å². The van der Waals surface area contributed by atoms with Crippen LogP contribution in [-0.4, -0.2) is 12.5 Å². The SMILES string of the molecule is NC(=O)COc1cccc(NCc2ccc(Cl)cc2Cl)c1. The molecule has 0 aliphatic carbocycles. The molecule has 0 heterocycles. The van der Waals surface area contributed by atoms with E-state index in [1.807, 2.05) is 18.2 Å². The molecular weight excluding hydrogens is 311 g/mol. The van der Waals surface area contributed by atoms with Crippen molar-refractivity contribution >= 4 is 34.8 Å². The third kappa shape index (κ3) is 4.85. The Hall–Kier alpha value is -1.91. The van der Waals surface area contributed by atoms with Gasteiger partial charge in [0.25, 0.3) is 5.91 Å². The standard InChI is InChI=1S/C15H14Cl2N2O2/c16-11-5-4-10(14(17)6-11)8-19-12-2-1-3-13(7-12)21-9-15(18)20/h1-7,19H,8-9H2,(H2,18,20). The first-order valence-electron chi connectivity index (χ1n) is 6.23. The summed E-state index contributed by atoms with van der Waals surface area (Å²) < 4.78 is 5.24. The fourth-order valence-electron chi connectivity index (χ4n) is 1.71. The minimum Gasteiger partial charge on any atom is -0.484 e. The summed E-state index contributed by atoms with van der Waals surface area (Å²) in [5.41, 5.74) is 6.82. The number of halogens is 2. The van der Waals surface area contributed by atoms with Crippen LogP contribution < -0.4 is 15.8 Å². The maximum absolute atomic E-state index is 10.7. The van der Waals surface area contributed by atoms with Gasteiger partial charge in [-0.25, -0.2) is 0 Å². The monoisotopic (exact) mass is 324 g/mol. The zero-order valence-electron chi connectivity index (χ0n) is 11.1. The molecule has 0 atom stereocenters. The fourth-order valence-corrected chi connectivity index (χ4v) is 2.19. The Morgan fingerprint density at radius 2 is 2.00 bits per heavy atom. The zero-order valence-corrected chi connectivity index (χ0v) is 12.6. The maximum atomic E-state index is 10.7. The lowest BCUT2D eigenvalue weighted by Gasteiger charge is -2.10. The predicted molar refractivity (Wildman–Crippen MR) is 84.9 cm³/mol. The Morgan fingerprint density at radius 3 is 2.71 bits per heavy atom. The molecule has 0 fully saturated rings. The van der Waals surface area contributed by atoms with E-state index in [0.29, 0.717) is 22.3 Å². The van der Waals surface area contributed by atoms with Crippen LogP contribution >= 0.6 is 23.2 Å². The third-order valence-electron chi connectivity index (χ3n) is 2.71. The van der Waals surface area contributed by atoms with E-state index in [1.165, 1.54) is 0 Å². The second-order valence-corrected chi connectivity index (χ2v) is 5.22. The number of hydrogen-bond acceptors (Lipinski definition) is 3. The molecule has 1 amide bonds. The molecular formula is C15H14Cl2N2O2. The van der Waals surface area contributed by atoms with Gasteiger partial charge in [-0.05, 0) is 29.8 Å². The number of carbonyl (C=O) groups excluding carboxylic acids is 1. The molecule has 21 heavy (non-hydrogen) atoms. The van der Waals surface area contributed by atoms with Crippen LogP contribution in [0.25, 0.3) is 0 Å². The van der Waals surface area contributed by atoms with Crippen LogP contribution in [0.15, 0.2) is 42.5 Å². The summed E-state index contributed by atoms with van der Waals surface area (Å²) in [6.07, 6.45) is 0. The van der Waals surface area contributed by atoms with Gasteiger partial charge in [-0.1, -0.05) is 35.3 Å². The van der Waals surface area contributed by atoms with Crippen molar-refractivity contribution in [1.29, 1.82) is 0 Å². The van der Waals surface area contributed by atoms with E-state index < -0.39 is 5.91 Å². The van der Waals surface area contributed by atoms with Gasteiger partial charge in [-0.15, -0.1) is 0 Å². The smallest absolute Gasteiger partial charge is 0.255 e. The molecule has 4 nitrogen and oxygen atoms in total. The molecule has 2 aromatic carbocycles. The van der Waals surface area contributed by atoms with Crippen molar-refractivity contribution in [3.05, 3.63) is 58.1 Å². The van der Waals surface area contributed by atoms with E-state index in [4.69, 9.17) is 33.7 Å². The second kappa shape index (κ2) is 7.20. The van der Waals surface area contributed by atoms with Crippen LogP contribution in [0.2, 0.25) is 10.0 Å². The summed E-state index contributed by atoms with van der Waals surface area (Å²) in [6, 6.07) is 12.6. The van der Waals surface area contributed by atoms with Gasteiger partial charge in [-0.2, -0.15) is 0 Å². The van der Waals surface area contributed by atoms with Crippen molar-refractivity contribution in [3.8, 4) is 5.75 Å². The van der Waals surface area contributed by atoms with Crippen LogP contribution in [0, 0.1) is 0 Å². The average molecular weight is 325 g/mol. The molecule has 0 aliphatic heterocycles. The molecule has 2 rings (SSSR count). The number of rotatable bonds is 6. The number of nitrogens with two attached hydrogens (primary N) is 1. The molecule has 0 bridgehead atoms. The van der Waals surface area contributed by atoms with Crippen molar-refractivity contribution in [1.82, 2.24) is 0 Å². The Balaban J connectivity index is 1.99. The summed E-state index contributed by atoms with van der Waals surface area (Å²) in [6.45, 7) is 0.405. The number of primary amides is 1. The van der Waals surface area contributed by atoms with Crippen molar-refractivity contribution in [2.45, 2.75) is 6.54 Å². The first-order valence-corrected chi connectivity index (χ1v) is 6.99. The Labute approximate surface area is 132 Å². The van der Waals surface area contributed by atoms with Gasteiger partial charge in [0.2, 0.25) is 0 Å². The first kappa shape index (κ1) is 15.5. The molecule has 110 valence electrons. The van der Waals surface area contributed by atoms with Crippen LogP contribution in [0.3, 0.4) is 0 Å². The lowest BCUT2D eigenvalue weighted by Crippen LogP contribution is -2.20. The predicted octanol–water partition coefficient (Wildman–Crippen LogP) is 3.47. The summed E-state index contributed by atoms with van der Waals surface area (Å²) in [5, 5.41) is 4.44. The minimum absolute atomic E-state index is 0.146. The highest BCUT2D eigenvalue weighted by Crippen LogP contribution is 2.23. The van der Waals surface area contributed by atoms with Gasteiger partial charge in [-0.3, -0.25) is 4.79 Å². The molecule has 0 spiro atoms. The van der Waals surface area contributed by atoms with Gasteiger partial charge in [0, 0.05) is 28.3 Å². The number of benzene rings is 2. The Bertz CT molecular complexity index is 647. The number of amides is 1. The number of hydrogen-bond donors (Lipinski definition) is 2. The fraction of sp³-hybridized carbons (Fsp3) is 0.133. The van der Waals surface area contributed by atoms with Crippen LogP contribution in [0.1, 0.15) is 5.56 Å². The van der Waals surface area contributed by atoms with E-state index in [9.17, 15) is 4.79 Å². The molecule has 0 aromatic heterocycles. The van der Waals surface area contributed by atoms with Crippen molar-refractivity contribution in [2.24, 2.45) is 5.73 Å². The van der Waals surface area contributed by atoms with Gasteiger partial charge >= 0.3 is 0 Å². The third-order valence-corrected chi connectivity index (χ3v) is 3.30. The summed E-state index contributed by atoms with van der Waals surface area (Å²) in [5.74, 6) is 0.0577. The second-order valence-electron chi connectivity index (χ2n) is 4.37. The van der Waals surface area contributed by atoms with E-state index in [-0.39, 0.29) is 6.61 Å². The van der Waals surface area contributed by atoms with Crippen molar-refractivity contribution in [3.63, 3.8) is 0 Å². The van der Waals surface area contributed by atoms with Gasteiger partial charge < -0.3 is 15.8 Å². The normalized spacial score (nSPS) is 10.2. The largest absolute Gasteiger partial charge is 0.484 e. The van der Waals surface area contributed by atoms with E-state index in [2.05, 4.69) is 5.32 Å². The molecule has 3 N–H and O–H groups in total. The molecule has 0 saturated carbocycles. The number of nitrogens with one attached hydrogen (secondary N) is 1. The molecule has 0 radical (unpaired) electrons. The maximum Gasteiger partial charge on any atom is 0.255 e. The molecule has 0 saturated heterocycles. The highest BCUT2D eigenvalue weighted by atomic mass is 35.5. The highest BCUT2D eigenvalue weighted by Gasteiger charge is 2.03. The highest BCUT2D eigenvalue weighted by molar-refractivity contribution is 6.35. The Kier molecular flexibility index (Phi) is 5.31. The number of ether oxygens (including phenoxy) is 1. The van der Waals surface area contributed by atoms with Crippen molar-refractivity contribution in [2.75, 3.05) is 11.9 Å². The van der Waals surface area contributed by atoms with Crippen LogP contribution in [0.4, 0.5) is 5.69 Å². The summed E-state index contributed by atoms with van der Waals surface area (Å²) in [7, 11) is 0. The van der Waals surface area contributed by atoms with Gasteiger partial charge in [0.1, 0.15) is 5.75 Å². The van der Waals surface area contributed by atoms with Gasteiger partial charge in [0.05, 0.1) is 0 Å². The van der Waals surface area contributed by atoms with E-state index >= 15 is 0 Å². The summed E-state index contributed by atoms with van der Waals surface area (Å²) in [4.78, 5) is 10.7. The topological polar surface area (TPSA) is 64.4 Å². The number of carbonyl (C=O) groups is 1. The van der Waals surface area contributed by atoms with Crippen molar-refractivity contribution < 1.29 is 9.53 Å². The average Bonchev–Trinajstić information content (AvgIpc) is 2.45. The molecule has 0 unspecified atom stereocenters. The van der Waals surface area contributed by atoms with E-state index in [1.54, 1.807) is 24.3 Å². The molecule has 6 heteroatoms. The van der Waals surface area contributed by atoms with Gasteiger partial charge in [0.15, 0.2) is 6.61 Å². The molecule has 0 aliphatic rings. The minimum atomic E-state index is -0.513. The lowest BCUT2D eigenvalue weighted by molar-refractivity contribution is -0.119. The lowest BCUT2D eigenvalue weighted by atomic mass is 10.2. The Morgan fingerprint density at radius 1 is 1.19 bits per heavy atom.